The highest BCUT2D eigenvalue weighted by atomic mass is 35.5. The van der Waals surface area contributed by atoms with Gasteiger partial charge in [0.2, 0.25) is 5.43 Å². The lowest BCUT2D eigenvalue weighted by atomic mass is 10.0. The number of H-pyrrole nitrogens is 1. The van der Waals surface area contributed by atoms with E-state index in [4.69, 9.17) is 21.6 Å². The van der Waals surface area contributed by atoms with Crippen LogP contribution in [0.3, 0.4) is 0 Å². The molecule has 0 atom stereocenters. The summed E-state index contributed by atoms with van der Waals surface area (Å²) in [5, 5.41) is 4.35. The van der Waals surface area contributed by atoms with Crippen LogP contribution < -0.4 is 10.7 Å². The maximum atomic E-state index is 12.7. The van der Waals surface area contributed by atoms with E-state index in [2.05, 4.69) is 15.3 Å². The highest BCUT2D eigenvalue weighted by molar-refractivity contribution is 6.35. The molecule has 5 aromatic rings. The van der Waals surface area contributed by atoms with Gasteiger partial charge in [0.15, 0.2) is 11.2 Å². The number of benzene rings is 2. The molecule has 6 nitrogen and oxygen atoms in total. The summed E-state index contributed by atoms with van der Waals surface area (Å²) in [4.78, 5) is 29.7. The van der Waals surface area contributed by atoms with Gasteiger partial charge >= 0.3 is 0 Å². The Morgan fingerprint density at radius 1 is 0.900 bits per heavy atom. The number of aromatic amines is 1. The van der Waals surface area contributed by atoms with E-state index in [1.807, 2.05) is 54.6 Å². The number of halogens is 1. The number of hydrogen-bond acceptors (Lipinski definition) is 5. The molecule has 146 valence electrons. The fraction of sp³-hybridized carbons (Fsp3) is 0.0435. The Bertz CT molecular complexity index is 1460. The summed E-state index contributed by atoms with van der Waals surface area (Å²) in [6, 6.07) is 18.8. The van der Waals surface area contributed by atoms with Crippen molar-refractivity contribution < 1.29 is 0 Å². The minimum absolute atomic E-state index is 0.213. The molecule has 0 saturated carbocycles. The summed E-state index contributed by atoms with van der Waals surface area (Å²) in [5.74, 6) is 0.577. The number of aromatic nitrogens is 4. The molecule has 0 amide bonds. The second-order valence-corrected chi connectivity index (χ2v) is 7.22. The molecular weight excluding hydrogens is 398 g/mol. The summed E-state index contributed by atoms with van der Waals surface area (Å²) in [6.07, 6.45) is 1.71. The lowest BCUT2D eigenvalue weighted by molar-refractivity contribution is 1.21. The molecule has 0 aliphatic heterocycles. The molecule has 0 unspecified atom stereocenters. The van der Waals surface area contributed by atoms with Crippen LogP contribution in [0.1, 0.15) is 0 Å². The third-order valence-electron chi connectivity index (χ3n) is 4.91. The van der Waals surface area contributed by atoms with E-state index in [9.17, 15) is 4.79 Å². The minimum atomic E-state index is -0.213. The van der Waals surface area contributed by atoms with Crippen LogP contribution in [-0.2, 0) is 0 Å². The lowest BCUT2D eigenvalue weighted by Crippen LogP contribution is -2.09. The monoisotopic (exact) mass is 413 g/mol. The van der Waals surface area contributed by atoms with Crippen molar-refractivity contribution in [1.29, 1.82) is 0 Å². The van der Waals surface area contributed by atoms with E-state index < -0.39 is 0 Å². The Morgan fingerprint density at radius 3 is 2.50 bits per heavy atom. The molecule has 0 saturated heterocycles. The van der Waals surface area contributed by atoms with Crippen molar-refractivity contribution >= 4 is 39.5 Å². The third-order valence-corrected chi connectivity index (χ3v) is 5.19. The van der Waals surface area contributed by atoms with Crippen LogP contribution in [0, 0.1) is 0 Å². The smallest absolute Gasteiger partial charge is 0.211 e. The van der Waals surface area contributed by atoms with Gasteiger partial charge in [-0.2, -0.15) is 0 Å². The maximum Gasteiger partial charge on any atom is 0.211 e. The molecule has 0 aliphatic carbocycles. The van der Waals surface area contributed by atoms with Crippen molar-refractivity contribution in [3.8, 4) is 22.5 Å². The summed E-state index contributed by atoms with van der Waals surface area (Å²) in [6.45, 7) is 0. The molecule has 3 heterocycles. The first-order chi connectivity index (χ1) is 14.6. The molecular formula is C23H16ClN5O. The minimum Gasteiger partial charge on any atom is -0.375 e. The second-order valence-electron chi connectivity index (χ2n) is 6.81. The highest BCUT2D eigenvalue weighted by Gasteiger charge is 2.17. The fourth-order valence-corrected chi connectivity index (χ4v) is 3.75. The lowest BCUT2D eigenvalue weighted by Gasteiger charge is -2.12. The zero-order valence-corrected chi connectivity index (χ0v) is 16.7. The summed E-state index contributed by atoms with van der Waals surface area (Å²) in [7, 11) is 1.74. The predicted octanol–water partition coefficient (Wildman–Crippen LogP) is 4.90. The van der Waals surface area contributed by atoms with Gasteiger partial charge in [-0.3, -0.25) is 9.78 Å². The van der Waals surface area contributed by atoms with Gasteiger partial charge in [-0.25, -0.2) is 9.97 Å². The van der Waals surface area contributed by atoms with Gasteiger partial charge in [0, 0.05) is 35.8 Å². The number of fused-ring (bicyclic) bond motifs is 2. The number of rotatable bonds is 3. The Morgan fingerprint density at radius 2 is 1.70 bits per heavy atom. The van der Waals surface area contributed by atoms with Gasteiger partial charge in [-0.05, 0) is 18.2 Å². The summed E-state index contributed by atoms with van der Waals surface area (Å²) >= 11 is 6.51. The standard InChI is InChI=1S/C23H16ClN5O/c1-25-18-12-17(30)22-23(27-18)29-20(13-6-3-2-4-7-13)21(28-22)15-10-14-8-5-9-26-19(14)16(24)11-15/h2-12H,1H3,(H2,25,27,29,30). The fourth-order valence-electron chi connectivity index (χ4n) is 3.48. The van der Waals surface area contributed by atoms with Crippen LogP contribution in [0.15, 0.2) is 71.7 Å². The number of anilines is 1. The number of pyridine rings is 2. The molecule has 0 radical (unpaired) electrons. The van der Waals surface area contributed by atoms with Crippen molar-refractivity contribution in [3.05, 3.63) is 82.1 Å². The zero-order valence-electron chi connectivity index (χ0n) is 16.0. The largest absolute Gasteiger partial charge is 0.375 e. The van der Waals surface area contributed by atoms with Gasteiger partial charge in [-0.15, -0.1) is 0 Å². The summed E-state index contributed by atoms with van der Waals surface area (Å²) in [5.41, 5.74) is 4.10. The number of hydrogen-bond donors (Lipinski definition) is 2. The van der Waals surface area contributed by atoms with E-state index >= 15 is 0 Å². The van der Waals surface area contributed by atoms with Gasteiger partial charge in [0.25, 0.3) is 0 Å². The molecule has 0 spiro atoms. The van der Waals surface area contributed by atoms with Crippen LogP contribution in [0.4, 0.5) is 5.82 Å². The third kappa shape index (κ3) is 3.07. The van der Waals surface area contributed by atoms with E-state index in [1.165, 1.54) is 6.07 Å². The Balaban J connectivity index is 1.86. The first-order valence-electron chi connectivity index (χ1n) is 9.37. The maximum absolute atomic E-state index is 12.7. The molecule has 30 heavy (non-hydrogen) atoms. The van der Waals surface area contributed by atoms with Crippen molar-refractivity contribution in [3.63, 3.8) is 0 Å². The van der Waals surface area contributed by atoms with Crippen molar-refractivity contribution in [2.24, 2.45) is 0 Å². The Labute approximate surface area is 176 Å². The van der Waals surface area contributed by atoms with E-state index in [1.54, 1.807) is 13.2 Å². The first-order valence-corrected chi connectivity index (χ1v) is 9.75. The normalized spacial score (nSPS) is 11.1. The van der Waals surface area contributed by atoms with Crippen molar-refractivity contribution in [1.82, 2.24) is 19.9 Å². The Kier molecular flexibility index (Phi) is 4.41. The van der Waals surface area contributed by atoms with Gasteiger partial charge in [-0.1, -0.05) is 48.0 Å². The number of nitrogens with zero attached hydrogens (tertiary/aromatic N) is 3. The average Bonchev–Trinajstić information content (AvgIpc) is 2.78. The number of nitrogens with one attached hydrogen (secondary N) is 2. The molecule has 0 aliphatic rings. The van der Waals surface area contributed by atoms with Gasteiger partial charge in [0.05, 0.1) is 21.9 Å². The van der Waals surface area contributed by atoms with Crippen LogP contribution in [0.25, 0.3) is 44.6 Å². The van der Waals surface area contributed by atoms with Crippen LogP contribution in [0.2, 0.25) is 5.02 Å². The highest BCUT2D eigenvalue weighted by Crippen LogP contribution is 2.34. The first kappa shape index (κ1) is 18.3. The van der Waals surface area contributed by atoms with Crippen molar-refractivity contribution in [2.75, 3.05) is 12.4 Å². The molecule has 0 fully saturated rings. The van der Waals surface area contributed by atoms with Crippen molar-refractivity contribution in [2.45, 2.75) is 0 Å². The molecule has 5 rings (SSSR count). The molecule has 2 N–H and O–H groups in total. The quantitative estimate of drug-likeness (QED) is 0.439. The van der Waals surface area contributed by atoms with Crippen LogP contribution >= 0.6 is 11.6 Å². The molecule has 2 aromatic carbocycles. The predicted molar refractivity (Wildman–Crippen MR) is 121 cm³/mol. The van der Waals surface area contributed by atoms with Gasteiger partial charge < -0.3 is 10.3 Å². The van der Waals surface area contributed by atoms with E-state index in [0.29, 0.717) is 27.9 Å². The Hall–Kier alpha value is -3.77. The van der Waals surface area contributed by atoms with Crippen LogP contribution in [-0.4, -0.2) is 27.0 Å². The van der Waals surface area contributed by atoms with Crippen LogP contribution in [0.5, 0.6) is 0 Å². The average molecular weight is 414 g/mol. The summed E-state index contributed by atoms with van der Waals surface area (Å²) < 4.78 is 0. The molecule has 0 bridgehead atoms. The topological polar surface area (TPSA) is 83.6 Å². The van der Waals surface area contributed by atoms with E-state index in [-0.39, 0.29) is 10.9 Å². The SMILES string of the molecule is CNc1cc(=O)c2nc(-c3cc(Cl)c4ncccc4c3)c(-c3ccccc3)nc2[nH]1. The molecule has 3 aromatic heterocycles. The van der Waals surface area contributed by atoms with Gasteiger partial charge in [0.1, 0.15) is 5.82 Å². The second kappa shape index (κ2) is 7.24. The molecule has 7 heteroatoms. The zero-order chi connectivity index (χ0) is 20.7. The van der Waals surface area contributed by atoms with E-state index in [0.717, 1.165) is 22.0 Å².